The molecule has 40 heavy (non-hydrogen) atoms. The molecule has 5 heteroatoms. The number of allylic oxidation sites excluding steroid dienone is 2. The number of aryl methyl sites for hydroxylation is 2. The van der Waals surface area contributed by atoms with E-state index in [1.54, 1.807) is 0 Å². The summed E-state index contributed by atoms with van der Waals surface area (Å²) in [5, 5.41) is 7.00. The monoisotopic (exact) mass is 563 g/mol. The Morgan fingerprint density at radius 2 is 1.77 bits per heavy atom. The minimum absolute atomic E-state index is 0.140. The van der Waals surface area contributed by atoms with Crippen LogP contribution in [0.2, 0.25) is 0 Å². The second-order valence-electron chi connectivity index (χ2n) is 10.7. The van der Waals surface area contributed by atoms with E-state index in [9.17, 15) is 4.79 Å². The van der Waals surface area contributed by atoms with Gasteiger partial charge in [0.2, 0.25) is 0 Å². The highest BCUT2D eigenvalue weighted by Crippen LogP contribution is 2.27. The first-order chi connectivity index (χ1) is 19.3. The zero-order chi connectivity index (χ0) is 30.8. The molecule has 0 aliphatic carbocycles. The molecule has 0 saturated carbocycles. The Morgan fingerprint density at radius 1 is 1.07 bits per heavy atom. The molecular formula is C35H65NO4. The molecule has 234 valence electrons. The number of unbranched alkanes of at least 4 members (excludes halogenated alkanes) is 2. The Kier molecular flexibility index (Phi) is 27.8. The van der Waals surface area contributed by atoms with Gasteiger partial charge in [-0.1, -0.05) is 91.4 Å². The van der Waals surface area contributed by atoms with Crippen LogP contribution in [0.4, 0.5) is 0 Å². The van der Waals surface area contributed by atoms with E-state index in [0.717, 1.165) is 76.5 Å². The van der Waals surface area contributed by atoms with Crippen molar-refractivity contribution in [3.05, 3.63) is 40.5 Å². The average molecular weight is 564 g/mol. The topological polar surface area (TPSA) is 59.0 Å². The molecule has 1 fully saturated rings. The molecule has 5 nitrogen and oxygen atoms in total. The number of carbonyl (C=O) groups is 1. The summed E-state index contributed by atoms with van der Waals surface area (Å²) in [5.74, 6) is 1.56. The Bertz CT molecular complexity index is 763. The van der Waals surface area contributed by atoms with Gasteiger partial charge in [-0.2, -0.15) is 0 Å². The van der Waals surface area contributed by atoms with Gasteiger partial charge in [-0.05, 0) is 69.6 Å². The predicted molar refractivity (Wildman–Crippen MR) is 174 cm³/mol. The summed E-state index contributed by atoms with van der Waals surface area (Å²) in [5.41, 5.74) is 4.88. The van der Waals surface area contributed by atoms with Crippen molar-refractivity contribution >= 4 is 5.97 Å². The first-order valence-corrected chi connectivity index (χ1v) is 16.0. The maximum Gasteiger partial charge on any atom is 0.312 e. The van der Waals surface area contributed by atoms with Crippen molar-refractivity contribution in [3.63, 3.8) is 0 Å². The molecule has 0 aromatic heterocycles. The number of rotatable bonds is 13. The lowest BCUT2D eigenvalue weighted by atomic mass is 9.97. The fourth-order valence-electron chi connectivity index (χ4n) is 4.38. The van der Waals surface area contributed by atoms with Crippen LogP contribution in [-0.4, -0.2) is 55.9 Å². The first-order valence-electron chi connectivity index (χ1n) is 16.0. The molecule has 1 N–H and O–H groups in total. The van der Waals surface area contributed by atoms with Gasteiger partial charge in [0.15, 0.2) is 0 Å². The third-order valence-electron chi connectivity index (χ3n) is 6.92. The zero-order valence-electron chi connectivity index (χ0n) is 28.0. The van der Waals surface area contributed by atoms with Gasteiger partial charge in [0.25, 0.3) is 0 Å². The van der Waals surface area contributed by atoms with E-state index in [4.69, 9.17) is 14.6 Å². The fourth-order valence-corrected chi connectivity index (χ4v) is 4.38. The second kappa shape index (κ2) is 27.5. The SMILES string of the molecule is CC.CCCC(C)CC.CCCCCc1cc(C)c(CC=C(C)C)c(OC(=O)CCN2CCCOCC2)c1.CO. The molecule has 1 aromatic carbocycles. The molecule has 1 heterocycles. The Balaban J connectivity index is 0. The van der Waals surface area contributed by atoms with Crippen LogP contribution < -0.4 is 4.74 Å². The summed E-state index contributed by atoms with van der Waals surface area (Å²) in [4.78, 5) is 14.9. The summed E-state index contributed by atoms with van der Waals surface area (Å²) >= 11 is 0. The lowest BCUT2D eigenvalue weighted by Crippen LogP contribution is -2.29. The van der Waals surface area contributed by atoms with E-state index in [0.29, 0.717) is 6.42 Å². The van der Waals surface area contributed by atoms with Gasteiger partial charge in [-0.15, -0.1) is 0 Å². The third-order valence-corrected chi connectivity index (χ3v) is 6.92. The standard InChI is InChI=1S/C25H39NO3.C7H16.C2H6.CH4O/c1-5-6-7-9-22-18-21(4)23(11-10-20(2)3)24(19-22)29-25(27)12-14-26-13-8-16-28-17-15-26;1-4-6-7(3)5-2;2*1-2/h10,18-19H,5-9,11-17H2,1-4H3;7H,4-6H2,1-3H3;1-2H3;2H,1H3. The quantitative estimate of drug-likeness (QED) is 0.113. The minimum atomic E-state index is -0.140. The average Bonchev–Trinajstić information content (AvgIpc) is 3.23. The van der Waals surface area contributed by atoms with Crippen LogP contribution in [0.25, 0.3) is 0 Å². The van der Waals surface area contributed by atoms with E-state index in [2.05, 4.69) is 71.6 Å². The van der Waals surface area contributed by atoms with E-state index >= 15 is 0 Å². The first kappa shape index (κ1) is 40.4. The lowest BCUT2D eigenvalue weighted by molar-refractivity contribution is -0.134. The van der Waals surface area contributed by atoms with Crippen LogP contribution in [0, 0.1) is 12.8 Å². The Hall–Kier alpha value is -1.69. The number of aliphatic hydroxyl groups is 1. The van der Waals surface area contributed by atoms with Gasteiger partial charge in [0.05, 0.1) is 13.0 Å². The van der Waals surface area contributed by atoms with Crippen LogP contribution in [-0.2, 0) is 22.4 Å². The van der Waals surface area contributed by atoms with Crippen LogP contribution in [0.5, 0.6) is 5.75 Å². The van der Waals surface area contributed by atoms with Crippen molar-refractivity contribution in [2.75, 3.05) is 40.0 Å². The smallest absolute Gasteiger partial charge is 0.312 e. The molecule has 0 radical (unpaired) electrons. The van der Waals surface area contributed by atoms with Gasteiger partial charge in [-0.25, -0.2) is 0 Å². The fraction of sp³-hybridized carbons (Fsp3) is 0.743. The highest BCUT2D eigenvalue weighted by Gasteiger charge is 2.15. The summed E-state index contributed by atoms with van der Waals surface area (Å²) in [6.07, 6.45) is 13.2. The summed E-state index contributed by atoms with van der Waals surface area (Å²) < 4.78 is 11.4. The number of benzene rings is 1. The molecular weight excluding hydrogens is 498 g/mol. The molecule has 1 unspecified atom stereocenters. The molecule has 0 amide bonds. The van der Waals surface area contributed by atoms with Gasteiger partial charge in [0.1, 0.15) is 5.75 Å². The van der Waals surface area contributed by atoms with Crippen molar-refractivity contribution in [1.82, 2.24) is 4.90 Å². The maximum absolute atomic E-state index is 12.6. The summed E-state index contributed by atoms with van der Waals surface area (Å²) in [7, 11) is 1.00. The molecule has 1 atom stereocenters. The van der Waals surface area contributed by atoms with Gasteiger partial charge in [-0.3, -0.25) is 4.79 Å². The highest BCUT2D eigenvalue weighted by molar-refractivity contribution is 5.73. The molecule has 1 aliphatic rings. The molecule has 2 rings (SSSR count). The number of carbonyl (C=O) groups excluding carboxylic acids is 1. The number of hydrogen-bond acceptors (Lipinski definition) is 5. The second-order valence-corrected chi connectivity index (χ2v) is 10.7. The Morgan fingerprint density at radius 3 is 2.35 bits per heavy atom. The van der Waals surface area contributed by atoms with Crippen molar-refractivity contribution in [2.45, 2.75) is 127 Å². The molecule has 0 bridgehead atoms. The van der Waals surface area contributed by atoms with Crippen molar-refractivity contribution in [1.29, 1.82) is 0 Å². The van der Waals surface area contributed by atoms with Crippen LogP contribution >= 0.6 is 0 Å². The zero-order valence-corrected chi connectivity index (χ0v) is 28.0. The molecule has 0 spiro atoms. The van der Waals surface area contributed by atoms with Crippen LogP contribution in [0.15, 0.2) is 23.8 Å². The van der Waals surface area contributed by atoms with E-state index in [1.165, 1.54) is 55.2 Å². The molecule has 1 saturated heterocycles. The number of esters is 1. The minimum Gasteiger partial charge on any atom is -0.426 e. The normalized spacial score (nSPS) is 13.7. The van der Waals surface area contributed by atoms with Gasteiger partial charge >= 0.3 is 5.97 Å². The summed E-state index contributed by atoms with van der Waals surface area (Å²) in [6, 6.07) is 4.35. The number of nitrogens with zero attached hydrogens (tertiary/aromatic N) is 1. The molecule has 1 aromatic rings. The van der Waals surface area contributed by atoms with Gasteiger partial charge in [0, 0.05) is 38.9 Å². The van der Waals surface area contributed by atoms with E-state index in [-0.39, 0.29) is 5.97 Å². The van der Waals surface area contributed by atoms with E-state index in [1.807, 2.05) is 13.8 Å². The number of hydrogen-bond donors (Lipinski definition) is 1. The third kappa shape index (κ3) is 20.2. The summed E-state index contributed by atoms with van der Waals surface area (Å²) in [6.45, 7) is 23.5. The number of ether oxygens (including phenoxy) is 2. The van der Waals surface area contributed by atoms with E-state index < -0.39 is 0 Å². The van der Waals surface area contributed by atoms with Crippen molar-refractivity contribution in [2.24, 2.45) is 5.92 Å². The number of aliphatic hydroxyl groups excluding tert-OH is 1. The Labute approximate surface area is 248 Å². The largest absolute Gasteiger partial charge is 0.426 e. The highest BCUT2D eigenvalue weighted by atomic mass is 16.5. The van der Waals surface area contributed by atoms with Crippen molar-refractivity contribution < 1.29 is 19.4 Å². The molecule has 1 aliphatic heterocycles. The van der Waals surface area contributed by atoms with Crippen LogP contribution in [0.1, 0.15) is 123 Å². The lowest BCUT2D eigenvalue weighted by Gasteiger charge is -2.19. The maximum atomic E-state index is 12.6. The predicted octanol–water partition coefficient (Wildman–Crippen LogP) is 8.72. The van der Waals surface area contributed by atoms with Crippen LogP contribution in [0.3, 0.4) is 0 Å². The van der Waals surface area contributed by atoms with Crippen molar-refractivity contribution in [3.8, 4) is 5.75 Å². The van der Waals surface area contributed by atoms with Gasteiger partial charge < -0.3 is 19.5 Å².